The molecule has 144 valence electrons. The first-order valence-corrected chi connectivity index (χ1v) is 9.54. The average molecular weight is 377 g/mol. The van der Waals surface area contributed by atoms with Crippen LogP contribution >= 0.6 is 0 Å². The summed E-state index contributed by atoms with van der Waals surface area (Å²) in [5.41, 5.74) is 3.10. The minimum Gasteiger partial charge on any atom is -0.368 e. The van der Waals surface area contributed by atoms with E-state index in [0.29, 0.717) is 24.2 Å². The zero-order valence-corrected chi connectivity index (χ0v) is 16.1. The third-order valence-electron chi connectivity index (χ3n) is 5.56. The summed E-state index contributed by atoms with van der Waals surface area (Å²) >= 11 is 0. The molecule has 0 aliphatic carbocycles. The Labute approximate surface area is 164 Å². The second-order valence-corrected chi connectivity index (χ2v) is 7.35. The Morgan fingerprint density at radius 3 is 1.93 bits per heavy atom. The number of hydrogen-bond acceptors (Lipinski definition) is 4. The Morgan fingerprint density at radius 2 is 1.39 bits per heavy atom. The van der Waals surface area contributed by atoms with E-state index >= 15 is 0 Å². The Hall–Kier alpha value is -3.15. The number of piperazine rings is 1. The number of carbonyl (C=O) groups is 3. The number of nitrogens with zero attached hydrogens (tertiary/aromatic N) is 3. The van der Waals surface area contributed by atoms with Crippen molar-refractivity contribution in [2.45, 2.75) is 19.9 Å². The summed E-state index contributed by atoms with van der Waals surface area (Å²) in [6.07, 6.45) is 0. The van der Waals surface area contributed by atoms with Crippen LogP contribution in [0.3, 0.4) is 0 Å². The van der Waals surface area contributed by atoms with Gasteiger partial charge in [0, 0.05) is 31.9 Å². The van der Waals surface area contributed by atoms with Crippen molar-refractivity contribution in [2.75, 3.05) is 31.1 Å². The summed E-state index contributed by atoms with van der Waals surface area (Å²) in [5, 5.41) is 0. The van der Waals surface area contributed by atoms with Crippen molar-refractivity contribution < 1.29 is 14.4 Å². The van der Waals surface area contributed by atoms with Gasteiger partial charge in [0.15, 0.2) is 0 Å². The van der Waals surface area contributed by atoms with Gasteiger partial charge < -0.3 is 9.80 Å². The zero-order valence-electron chi connectivity index (χ0n) is 16.1. The highest BCUT2D eigenvalue weighted by atomic mass is 16.2. The molecule has 0 bridgehead atoms. The van der Waals surface area contributed by atoms with E-state index in [1.165, 1.54) is 5.56 Å². The van der Waals surface area contributed by atoms with Crippen LogP contribution in [0.1, 0.15) is 33.2 Å². The van der Waals surface area contributed by atoms with Crippen molar-refractivity contribution in [3.8, 4) is 0 Å². The van der Waals surface area contributed by atoms with Gasteiger partial charge in [-0.15, -0.1) is 0 Å². The van der Waals surface area contributed by atoms with E-state index in [2.05, 4.69) is 36.1 Å². The summed E-state index contributed by atoms with van der Waals surface area (Å²) in [5.74, 6) is -0.961. The molecule has 6 nitrogen and oxygen atoms in total. The van der Waals surface area contributed by atoms with E-state index in [1.54, 1.807) is 36.1 Å². The molecule has 2 aliphatic heterocycles. The van der Waals surface area contributed by atoms with Crippen LogP contribution in [0, 0.1) is 6.92 Å². The van der Waals surface area contributed by atoms with E-state index in [1.807, 2.05) is 0 Å². The Morgan fingerprint density at radius 1 is 0.857 bits per heavy atom. The molecule has 0 N–H and O–H groups in total. The maximum absolute atomic E-state index is 13.0. The monoisotopic (exact) mass is 377 g/mol. The van der Waals surface area contributed by atoms with Crippen molar-refractivity contribution >= 4 is 23.4 Å². The zero-order chi connectivity index (χ0) is 19.8. The molecular formula is C22H23N3O3. The Bertz CT molecular complexity index is 895. The van der Waals surface area contributed by atoms with Crippen LogP contribution in [0.15, 0.2) is 48.5 Å². The van der Waals surface area contributed by atoms with Crippen molar-refractivity contribution in [1.29, 1.82) is 0 Å². The molecule has 4 rings (SSSR count). The normalized spacial score (nSPS) is 17.7. The van der Waals surface area contributed by atoms with Crippen LogP contribution < -0.4 is 4.90 Å². The molecule has 1 saturated heterocycles. The maximum Gasteiger partial charge on any atom is 0.262 e. The third kappa shape index (κ3) is 3.05. The van der Waals surface area contributed by atoms with Gasteiger partial charge in [-0.25, -0.2) is 0 Å². The minimum atomic E-state index is -0.807. The van der Waals surface area contributed by atoms with E-state index < -0.39 is 6.04 Å². The first kappa shape index (κ1) is 18.2. The fraction of sp³-hybridized carbons (Fsp3) is 0.318. The highest BCUT2D eigenvalue weighted by Gasteiger charge is 2.42. The van der Waals surface area contributed by atoms with Gasteiger partial charge >= 0.3 is 0 Å². The molecule has 28 heavy (non-hydrogen) atoms. The van der Waals surface area contributed by atoms with Gasteiger partial charge in [-0.3, -0.25) is 19.3 Å². The predicted octanol–water partition coefficient (Wildman–Crippen LogP) is 2.33. The first-order chi connectivity index (χ1) is 13.5. The van der Waals surface area contributed by atoms with Gasteiger partial charge in [0.2, 0.25) is 5.91 Å². The summed E-state index contributed by atoms with van der Waals surface area (Å²) in [4.78, 5) is 43.3. The molecule has 3 amide bonds. The lowest BCUT2D eigenvalue weighted by atomic mass is 10.1. The average Bonchev–Trinajstić information content (AvgIpc) is 2.98. The minimum absolute atomic E-state index is 0.182. The number of amides is 3. The molecular weight excluding hydrogens is 354 g/mol. The molecule has 0 aromatic heterocycles. The quantitative estimate of drug-likeness (QED) is 0.771. The van der Waals surface area contributed by atoms with E-state index in [-0.39, 0.29) is 17.7 Å². The van der Waals surface area contributed by atoms with E-state index in [0.717, 1.165) is 23.7 Å². The van der Waals surface area contributed by atoms with Crippen molar-refractivity contribution in [2.24, 2.45) is 0 Å². The number of anilines is 1. The fourth-order valence-corrected chi connectivity index (χ4v) is 3.87. The van der Waals surface area contributed by atoms with E-state index in [9.17, 15) is 14.4 Å². The summed E-state index contributed by atoms with van der Waals surface area (Å²) < 4.78 is 0. The number of fused-ring (bicyclic) bond motifs is 1. The predicted molar refractivity (Wildman–Crippen MR) is 106 cm³/mol. The van der Waals surface area contributed by atoms with Crippen molar-refractivity contribution in [3.05, 3.63) is 65.2 Å². The maximum atomic E-state index is 13.0. The van der Waals surface area contributed by atoms with Crippen LogP contribution in [-0.2, 0) is 4.79 Å². The molecule has 2 heterocycles. The number of rotatable bonds is 3. The van der Waals surface area contributed by atoms with Crippen molar-refractivity contribution in [1.82, 2.24) is 9.80 Å². The Balaban J connectivity index is 1.42. The Kier molecular flexibility index (Phi) is 4.63. The third-order valence-corrected chi connectivity index (χ3v) is 5.56. The SMILES string of the molecule is Cc1ccc(N2CCN(C(=O)C(C)N3C(=O)c4ccccc4C3=O)CC2)cc1. The second kappa shape index (κ2) is 7.11. The number of hydrogen-bond donors (Lipinski definition) is 0. The van der Waals surface area contributed by atoms with E-state index in [4.69, 9.17) is 0 Å². The summed E-state index contributed by atoms with van der Waals surface area (Å²) in [7, 11) is 0. The lowest BCUT2D eigenvalue weighted by Gasteiger charge is -2.38. The smallest absolute Gasteiger partial charge is 0.262 e. The molecule has 1 atom stereocenters. The molecule has 0 saturated carbocycles. The van der Waals surface area contributed by atoms with Gasteiger partial charge in [-0.1, -0.05) is 29.8 Å². The van der Waals surface area contributed by atoms with Gasteiger partial charge in [0.25, 0.3) is 11.8 Å². The lowest BCUT2D eigenvalue weighted by molar-refractivity contribution is -0.135. The van der Waals surface area contributed by atoms with Gasteiger partial charge in [-0.2, -0.15) is 0 Å². The fourth-order valence-electron chi connectivity index (χ4n) is 3.87. The van der Waals surface area contributed by atoms with Gasteiger partial charge in [0.1, 0.15) is 6.04 Å². The molecule has 0 radical (unpaired) electrons. The van der Waals surface area contributed by atoms with Gasteiger partial charge in [-0.05, 0) is 38.1 Å². The van der Waals surface area contributed by atoms with Crippen LogP contribution in [0.25, 0.3) is 0 Å². The first-order valence-electron chi connectivity index (χ1n) is 9.54. The van der Waals surface area contributed by atoms with Crippen LogP contribution in [0.2, 0.25) is 0 Å². The summed E-state index contributed by atoms with van der Waals surface area (Å²) in [6, 6.07) is 14.3. The molecule has 0 spiro atoms. The molecule has 1 fully saturated rings. The number of carbonyl (C=O) groups excluding carboxylic acids is 3. The molecule has 2 aromatic rings. The molecule has 2 aromatic carbocycles. The highest BCUT2D eigenvalue weighted by molar-refractivity contribution is 6.22. The van der Waals surface area contributed by atoms with Crippen molar-refractivity contribution in [3.63, 3.8) is 0 Å². The highest BCUT2D eigenvalue weighted by Crippen LogP contribution is 2.25. The van der Waals surface area contributed by atoms with Crippen LogP contribution in [0.5, 0.6) is 0 Å². The number of aryl methyl sites for hydroxylation is 1. The number of imide groups is 1. The summed E-state index contributed by atoms with van der Waals surface area (Å²) in [6.45, 7) is 6.28. The lowest BCUT2D eigenvalue weighted by Crippen LogP contribution is -2.55. The topological polar surface area (TPSA) is 60.9 Å². The standard InChI is InChI=1S/C22H23N3O3/c1-15-7-9-17(10-8-15)23-11-13-24(14-12-23)20(26)16(2)25-21(27)18-5-3-4-6-19(18)22(25)28/h3-10,16H,11-14H2,1-2H3. The number of benzene rings is 2. The van der Waals surface area contributed by atoms with Gasteiger partial charge in [0.05, 0.1) is 11.1 Å². The molecule has 2 aliphatic rings. The molecule has 6 heteroatoms. The largest absolute Gasteiger partial charge is 0.368 e. The van der Waals surface area contributed by atoms with Crippen LogP contribution in [-0.4, -0.2) is 59.7 Å². The molecule has 1 unspecified atom stereocenters. The second-order valence-electron chi connectivity index (χ2n) is 7.35. The van der Waals surface area contributed by atoms with Crippen LogP contribution in [0.4, 0.5) is 5.69 Å².